The summed E-state index contributed by atoms with van der Waals surface area (Å²) < 4.78 is 5.27. The number of rotatable bonds is 4. The van der Waals surface area contributed by atoms with Crippen LogP contribution < -0.4 is 10.1 Å². The van der Waals surface area contributed by atoms with Gasteiger partial charge in [-0.2, -0.15) is 0 Å². The number of ether oxygens (including phenoxy) is 1. The lowest BCUT2D eigenvalue weighted by molar-refractivity contribution is 0.259. The molecule has 4 heteroatoms. The molecule has 1 aromatic carbocycles. The Morgan fingerprint density at radius 1 is 1.43 bits per heavy atom. The number of hydrogen-bond acceptors (Lipinski definition) is 2. The van der Waals surface area contributed by atoms with Gasteiger partial charge in [0.05, 0.1) is 6.61 Å². The standard InChI is InChI=1S/C10H12ClNO2/c1-2-14-9-5-3-8(4-6-9)7-12-10(11)13/h3-6H,2,7H2,1H3,(H,12,13). The Morgan fingerprint density at radius 3 is 2.57 bits per heavy atom. The van der Waals surface area contributed by atoms with Gasteiger partial charge in [-0.15, -0.1) is 0 Å². The van der Waals surface area contributed by atoms with Crippen LogP contribution >= 0.6 is 11.6 Å². The van der Waals surface area contributed by atoms with Crippen molar-refractivity contribution in [2.75, 3.05) is 6.61 Å². The van der Waals surface area contributed by atoms with Gasteiger partial charge in [0.1, 0.15) is 5.75 Å². The van der Waals surface area contributed by atoms with Crippen molar-refractivity contribution in [3.8, 4) is 5.75 Å². The van der Waals surface area contributed by atoms with Crippen molar-refractivity contribution < 1.29 is 9.53 Å². The van der Waals surface area contributed by atoms with Crippen molar-refractivity contribution in [2.45, 2.75) is 13.5 Å². The first-order valence-corrected chi connectivity index (χ1v) is 4.75. The van der Waals surface area contributed by atoms with Crippen molar-refractivity contribution in [1.82, 2.24) is 5.32 Å². The fourth-order valence-corrected chi connectivity index (χ4v) is 1.11. The molecule has 0 aliphatic heterocycles. The highest BCUT2D eigenvalue weighted by molar-refractivity contribution is 6.62. The molecule has 0 atom stereocenters. The van der Waals surface area contributed by atoms with E-state index in [1.807, 2.05) is 31.2 Å². The minimum Gasteiger partial charge on any atom is -0.494 e. The Kier molecular flexibility index (Phi) is 4.26. The van der Waals surface area contributed by atoms with Gasteiger partial charge in [0.15, 0.2) is 0 Å². The maximum Gasteiger partial charge on any atom is 0.314 e. The zero-order valence-electron chi connectivity index (χ0n) is 7.92. The first-order chi connectivity index (χ1) is 6.72. The number of halogens is 1. The zero-order valence-corrected chi connectivity index (χ0v) is 8.67. The summed E-state index contributed by atoms with van der Waals surface area (Å²) in [5.74, 6) is 0.827. The maximum absolute atomic E-state index is 10.4. The lowest BCUT2D eigenvalue weighted by Crippen LogP contribution is -2.15. The molecule has 1 aromatic rings. The van der Waals surface area contributed by atoms with Gasteiger partial charge in [0.25, 0.3) is 0 Å². The SMILES string of the molecule is CCOc1ccc(CNC(=O)Cl)cc1. The number of carbonyl (C=O) groups excluding carboxylic acids is 1. The van der Waals surface area contributed by atoms with Crippen molar-refractivity contribution in [3.63, 3.8) is 0 Å². The summed E-state index contributed by atoms with van der Waals surface area (Å²) in [5, 5.41) is 1.96. The highest BCUT2D eigenvalue weighted by Gasteiger charge is 1.96. The molecule has 0 saturated heterocycles. The number of amides is 1. The fourth-order valence-electron chi connectivity index (χ4n) is 1.04. The van der Waals surface area contributed by atoms with E-state index in [1.54, 1.807) is 0 Å². The maximum atomic E-state index is 10.4. The average molecular weight is 214 g/mol. The highest BCUT2D eigenvalue weighted by atomic mass is 35.5. The summed E-state index contributed by atoms with van der Waals surface area (Å²) in [7, 11) is 0. The van der Waals surface area contributed by atoms with E-state index in [9.17, 15) is 4.79 Å². The van der Waals surface area contributed by atoms with Gasteiger partial charge in [0.2, 0.25) is 0 Å². The lowest BCUT2D eigenvalue weighted by atomic mass is 10.2. The second-order valence-electron chi connectivity index (χ2n) is 2.70. The summed E-state index contributed by atoms with van der Waals surface area (Å²) in [6.45, 7) is 3.02. The Balaban J connectivity index is 2.50. The van der Waals surface area contributed by atoms with Gasteiger partial charge in [-0.1, -0.05) is 12.1 Å². The topological polar surface area (TPSA) is 38.3 Å². The smallest absolute Gasteiger partial charge is 0.314 e. The Bertz CT molecular complexity index is 297. The molecule has 0 bridgehead atoms. The molecular weight excluding hydrogens is 202 g/mol. The van der Waals surface area contributed by atoms with Crippen LogP contribution in [-0.4, -0.2) is 12.0 Å². The summed E-state index contributed by atoms with van der Waals surface area (Å²) in [5.41, 5.74) is 0.988. The average Bonchev–Trinajstić information content (AvgIpc) is 2.17. The molecular formula is C10H12ClNO2. The molecule has 0 radical (unpaired) electrons. The molecule has 1 rings (SSSR count). The third kappa shape index (κ3) is 3.66. The van der Waals surface area contributed by atoms with Crippen LogP contribution in [0.3, 0.4) is 0 Å². The number of nitrogens with one attached hydrogen (secondary N) is 1. The zero-order chi connectivity index (χ0) is 10.4. The molecule has 76 valence electrons. The van der Waals surface area contributed by atoms with Gasteiger partial charge in [-0.25, -0.2) is 0 Å². The van der Waals surface area contributed by atoms with E-state index >= 15 is 0 Å². The molecule has 0 aliphatic rings. The van der Waals surface area contributed by atoms with E-state index in [1.165, 1.54) is 0 Å². The first kappa shape index (κ1) is 10.9. The van der Waals surface area contributed by atoms with Crippen molar-refractivity contribution >= 4 is 17.0 Å². The number of benzene rings is 1. The molecule has 0 spiro atoms. The van der Waals surface area contributed by atoms with E-state index < -0.39 is 5.37 Å². The molecule has 0 heterocycles. The van der Waals surface area contributed by atoms with E-state index in [4.69, 9.17) is 16.3 Å². The monoisotopic (exact) mass is 213 g/mol. The normalized spacial score (nSPS) is 9.57. The predicted octanol–water partition coefficient (Wildman–Crippen LogP) is 2.53. The molecule has 0 fully saturated rings. The second-order valence-corrected chi connectivity index (χ2v) is 3.05. The quantitative estimate of drug-likeness (QED) is 0.617. The van der Waals surface area contributed by atoms with Crippen molar-refractivity contribution in [3.05, 3.63) is 29.8 Å². The number of carbonyl (C=O) groups is 1. The van der Waals surface area contributed by atoms with E-state index in [-0.39, 0.29) is 0 Å². The molecule has 1 N–H and O–H groups in total. The van der Waals surface area contributed by atoms with Crippen LogP contribution in [0.4, 0.5) is 4.79 Å². The second kappa shape index (κ2) is 5.50. The fraction of sp³-hybridized carbons (Fsp3) is 0.300. The Morgan fingerprint density at radius 2 is 2.07 bits per heavy atom. The predicted molar refractivity (Wildman–Crippen MR) is 55.7 cm³/mol. The molecule has 0 aliphatic carbocycles. The third-order valence-corrected chi connectivity index (χ3v) is 1.80. The highest BCUT2D eigenvalue weighted by Crippen LogP contribution is 2.11. The van der Waals surface area contributed by atoms with Crippen LogP contribution in [-0.2, 0) is 6.54 Å². The van der Waals surface area contributed by atoms with E-state index in [0.717, 1.165) is 11.3 Å². The van der Waals surface area contributed by atoms with Gasteiger partial charge in [-0.05, 0) is 36.2 Å². The Labute approximate surface area is 88.0 Å². The summed E-state index contributed by atoms with van der Waals surface area (Å²) in [4.78, 5) is 10.4. The number of hydrogen-bond donors (Lipinski definition) is 1. The molecule has 0 aromatic heterocycles. The van der Waals surface area contributed by atoms with Gasteiger partial charge in [-0.3, -0.25) is 4.79 Å². The summed E-state index contributed by atoms with van der Waals surface area (Å²) in [6, 6.07) is 7.49. The molecule has 1 amide bonds. The largest absolute Gasteiger partial charge is 0.494 e. The van der Waals surface area contributed by atoms with Crippen LogP contribution in [0.2, 0.25) is 0 Å². The first-order valence-electron chi connectivity index (χ1n) is 4.37. The van der Waals surface area contributed by atoms with E-state index in [0.29, 0.717) is 13.2 Å². The van der Waals surface area contributed by atoms with Gasteiger partial charge < -0.3 is 10.1 Å². The van der Waals surface area contributed by atoms with Crippen LogP contribution in [0, 0.1) is 0 Å². The Hall–Kier alpha value is -1.22. The van der Waals surface area contributed by atoms with Gasteiger partial charge >= 0.3 is 5.37 Å². The minimum absolute atomic E-state index is 0.439. The van der Waals surface area contributed by atoms with Crippen LogP contribution in [0.25, 0.3) is 0 Å². The molecule has 14 heavy (non-hydrogen) atoms. The van der Waals surface area contributed by atoms with E-state index in [2.05, 4.69) is 5.32 Å². The minimum atomic E-state index is -0.543. The van der Waals surface area contributed by atoms with Crippen LogP contribution in [0.1, 0.15) is 12.5 Å². The van der Waals surface area contributed by atoms with Crippen LogP contribution in [0.15, 0.2) is 24.3 Å². The van der Waals surface area contributed by atoms with Crippen molar-refractivity contribution in [1.29, 1.82) is 0 Å². The third-order valence-electron chi connectivity index (χ3n) is 1.67. The van der Waals surface area contributed by atoms with Gasteiger partial charge in [0, 0.05) is 6.54 Å². The van der Waals surface area contributed by atoms with Crippen molar-refractivity contribution in [2.24, 2.45) is 0 Å². The molecule has 3 nitrogen and oxygen atoms in total. The lowest BCUT2D eigenvalue weighted by Gasteiger charge is -2.04. The van der Waals surface area contributed by atoms with Crippen LogP contribution in [0.5, 0.6) is 5.75 Å². The summed E-state index contributed by atoms with van der Waals surface area (Å²) >= 11 is 5.13. The summed E-state index contributed by atoms with van der Waals surface area (Å²) in [6.07, 6.45) is 0. The molecule has 0 unspecified atom stereocenters. The molecule has 0 saturated carbocycles.